The van der Waals surface area contributed by atoms with Gasteiger partial charge >= 0.3 is 0 Å². The minimum Gasteiger partial charge on any atom is -0.313 e. The van der Waals surface area contributed by atoms with Crippen LogP contribution in [0.15, 0.2) is 40.2 Å². The molecule has 0 fully saturated rings. The first-order valence-corrected chi connectivity index (χ1v) is 4.47. The summed E-state index contributed by atoms with van der Waals surface area (Å²) in [5.74, 6) is -0.222. The van der Waals surface area contributed by atoms with Gasteiger partial charge in [-0.1, -0.05) is 6.08 Å². The van der Waals surface area contributed by atoms with Crippen molar-refractivity contribution in [1.29, 1.82) is 0 Å². The number of hydrogen-bond acceptors (Lipinski definition) is 3. The van der Waals surface area contributed by atoms with Crippen LogP contribution in [0.4, 0.5) is 10.2 Å². The van der Waals surface area contributed by atoms with Crippen molar-refractivity contribution in [2.24, 2.45) is 4.99 Å². The molecular weight excluding hydrogens is 197 g/mol. The van der Waals surface area contributed by atoms with Crippen LogP contribution in [0.5, 0.6) is 0 Å². The van der Waals surface area contributed by atoms with Gasteiger partial charge in [-0.15, -0.1) is 0 Å². The van der Waals surface area contributed by atoms with Crippen LogP contribution >= 0.6 is 0 Å². The zero-order chi connectivity index (χ0) is 10.4. The van der Waals surface area contributed by atoms with Crippen LogP contribution in [0.1, 0.15) is 11.5 Å². The van der Waals surface area contributed by atoms with Crippen molar-refractivity contribution in [3.05, 3.63) is 46.3 Å². The largest absolute Gasteiger partial charge is 0.313 e. The monoisotopic (exact) mass is 203 g/mol. The molecule has 1 aliphatic heterocycles. The normalized spacial score (nSPS) is 21.8. The molecule has 0 aromatic carbocycles. The number of aliphatic imine (C=N–C) groups is 1. The van der Waals surface area contributed by atoms with E-state index in [1.54, 1.807) is 6.08 Å². The molecule has 0 spiro atoms. The van der Waals surface area contributed by atoms with Gasteiger partial charge in [0.15, 0.2) is 5.82 Å². The zero-order valence-electron chi connectivity index (χ0n) is 7.57. The van der Waals surface area contributed by atoms with E-state index >= 15 is 0 Å². The minimum atomic E-state index is -0.353. The summed E-state index contributed by atoms with van der Waals surface area (Å²) in [6, 6.07) is 0. The molecule has 0 radical (unpaired) electrons. The molecule has 0 saturated carbocycles. The van der Waals surface area contributed by atoms with Crippen molar-refractivity contribution in [3.63, 3.8) is 0 Å². The van der Waals surface area contributed by atoms with Gasteiger partial charge < -0.3 is 4.98 Å². The average molecular weight is 203 g/mol. The van der Waals surface area contributed by atoms with Crippen molar-refractivity contribution in [3.8, 4) is 0 Å². The van der Waals surface area contributed by atoms with Crippen LogP contribution in [0.2, 0.25) is 0 Å². The summed E-state index contributed by atoms with van der Waals surface area (Å²) in [5.41, 5.74) is 0.811. The highest BCUT2D eigenvalue weighted by molar-refractivity contribution is 6.07. The van der Waals surface area contributed by atoms with Gasteiger partial charge in [-0.2, -0.15) is 0 Å². The molecule has 3 rings (SSSR count). The first kappa shape index (κ1) is 8.28. The predicted molar refractivity (Wildman–Crippen MR) is 53.0 cm³/mol. The lowest BCUT2D eigenvalue weighted by atomic mass is 9.94. The maximum absolute atomic E-state index is 12.9. The molecular formula is C10H6FN3O. The summed E-state index contributed by atoms with van der Waals surface area (Å²) in [6.07, 6.45) is 5.58. The summed E-state index contributed by atoms with van der Waals surface area (Å²) >= 11 is 0. The number of fused-ring (bicyclic) bond motifs is 3. The third-order valence-electron chi connectivity index (χ3n) is 2.47. The molecule has 0 amide bonds. The third kappa shape index (κ3) is 1.09. The molecule has 2 aliphatic rings. The Kier molecular flexibility index (Phi) is 1.50. The van der Waals surface area contributed by atoms with E-state index in [1.807, 2.05) is 0 Å². The van der Waals surface area contributed by atoms with E-state index < -0.39 is 0 Å². The molecule has 15 heavy (non-hydrogen) atoms. The summed E-state index contributed by atoms with van der Waals surface area (Å²) in [4.78, 5) is 22.1. The molecule has 1 aromatic heterocycles. The van der Waals surface area contributed by atoms with Crippen LogP contribution in [0, 0.1) is 0 Å². The highest BCUT2D eigenvalue weighted by Gasteiger charge is 2.29. The lowest BCUT2D eigenvalue weighted by molar-refractivity contribution is 0.665. The Bertz CT molecular complexity index is 583. The summed E-state index contributed by atoms with van der Waals surface area (Å²) in [7, 11) is 0. The highest BCUT2D eigenvalue weighted by Crippen LogP contribution is 2.34. The van der Waals surface area contributed by atoms with E-state index in [1.165, 1.54) is 18.5 Å². The second kappa shape index (κ2) is 2.73. The highest BCUT2D eigenvalue weighted by atomic mass is 19.1. The van der Waals surface area contributed by atoms with Gasteiger partial charge in [-0.3, -0.25) is 4.79 Å². The maximum atomic E-state index is 12.9. The number of aromatic nitrogens is 2. The van der Waals surface area contributed by atoms with Crippen molar-refractivity contribution in [1.82, 2.24) is 9.97 Å². The third-order valence-corrected chi connectivity index (χ3v) is 2.47. The van der Waals surface area contributed by atoms with Crippen LogP contribution in [-0.2, 0) is 0 Å². The van der Waals surface area contributed by atoms with Gasteiger partial charge in [-0.05, 0) is 12.2 Å². The molecule has 0 saturated heterocycles. The lowest BCUT2D eigenvalue weighted by Gasteiger charge is -2.08. The van der Waals surface area contributed by atoms with Gasteiger partial charge in [0, 0.05) is 0 Å². The van der Waals surface area contributed by atoms with Crippen LogP contribution in [-0.4, -0.2) is 15.7 Å². The summed E-state index contributed by atoms with van der Waals surface area (Å²) in [6.45, 7) is 0. The second-order valence-corrected chi connectivity index (χ2v) is 3.37. The number of rotatable bonds is 0. The average Bonchev–Trinajstić information content (AvgIpc) is 2.56. The summed E-state index contributed by atoms with van der Waals surface area (Å²) in [5, 5.41) is 0. The van der Waals surface area contributed by atoms with Gasteiger partial charge in [0.2, 0.25) is 0 Å². The Morgan fingerprint density at radius 2 is 2.33 bits per heavy atom. The van der Waals surface area contributed by atoms with E-state index in [-0.39, 0.29) is 17.3 Å². The van der Waals surface area contributed by atoms with E-state index in [0.29, 0.717) is 17.1 Å². The van der Waals surface area contributed by atoms with Crippen LogP contribution in [0.25, 0.3) is 0 Å². The van der Waals surface area contributed by atoms with Crippen LogP contribution in [0.3, 0.4) is 0 Å². The topological polar surface area (TPSA) is 58.1 Å². The Morgan fingerprint density at radius 1 is 1.47 bits per heavy atom. The molecule has 4 nitrogen and oxygen atoms in total. The first-order valence-electron chi connectivity index (χ1n) is 4.47. The fraction of sp³-hybridized carbons (Fsp3) is 0.100. The molecule has 74 valence electrons. The van der Waals surface area contributed by atoms with E-state index in [2.05, 4.69) is 15.0 Å². The Hall–Kier alpha value is -2.04. The molecule has 1 unspecified atom stereocenters. The Labute approximate surface area is 83.9 Å². The van der Waals surface area contributed by atoms with Crippen LogP contribution < -0.4 is 5.56 Å². The first-order chi connectivity index (χ1) is 7.25. The van der Waals surface area contributed by atoms with E-state index in [4.69, 9.17) is 0 Å². The molecule has 1 N–H and O–H groups in total. The van der Waals surface area contributed by atoms with Crippen molar-refractivity contribution >= 4 is 11.5 Å². The standard InChI is InChI=1S/C10H6FN3O/c11-5-1-2-6-7(3-5)14-9-8(6)10(15)13-4-12-9/h1-4,6H,(H,12,13,15). The van der Waals surface area contributed by atoms with E-state index in [0.717, 1.165) is 0 Å². The van der Waals surface area contributed by atoms with Gasteiger partial charge in [-0.25, -0.2) is 14.4 Å². The molecule has 1 atom stereocenters. The van der Waals surface area contributed by atoms with Crippen molar-refractivity contribution in [2.45, 2.75) is 5.92 Å². The summed E-state index contributed by atoms with van der Waals surface area (Å²) < 4.78 is 12.9. The number of aromatic amines is 1. The van der Waals surface area contributed by atoms with Gasteiger partial charge in [0.1, 0.15) is 5.83 Å². The van der Waals surface area contributed by atoms with Gasteiger partial charge in [0.05, 0.1) is 23.5 Å². The second-order valence-electron chi connectivity index (χ2n) is 3.37. The van der Waals surface area contributed by atoms with Gasteiger partial charge in [0.25, 0.3) is 5.56 Å². The van der Waals surface area contributed by atoms with Crippen molar-refractivity contribution < 1.29 is 4.39 Å². The fourth-order valence-corrected chi connectivity index (χ4v) is 1.80. The number of halogens is 1. The quantitative estimate of drug-likeness (QED) is 0.692. The van der Waals surface area contributed by atoms with E-state index in [9.17, 15) is 9.18 Å². The fourth-order valence-electron chi connectivity index (χ4n) is 1.80. The number of nitrogens with zero attached hydrogens (tertiary/aromatic N) is 2. The number of nitrogens with one attached hydrogen (secondary N) is 1. The molecule has 0 bridgehead atoms. The molecule has 1 aliphatic carbocycles. The molecule has 1 aromatic rings. The predicted octanol–water partition coefficient (Wildman–Crippen LogP) is 1.36. The molecule has 2 heterocycles. The molecule has 5 heteroatoms. The SMILES string of the molecule is O=c1[nH]cnc2c1C1C=CC(F)=CC1=N2. The lowest BCUT2D eigenvalue weighted by Crippen LogP contribution is -2.17. The maximum Gasteiger partial charge on any atom is 0.257 e. The number of H-pyrrole nitrogens is 1. The number of hydrogen-bond donors (Lipinski definition) is 1. The zero-order valence-corrected chi connectivity index (χ0v) is 7.57. The Balaban J connectivity index is 2.25. The smallest absolute Gasteiger partial charge is 0.257 e. The van der Waals surface area contributed by atoms with Crippen molar-refractivity contribution in [2.75, 3.05) is 0 Å². The number of allylic oxidation sites excluding steroid dienone is 4. The Morgan fingerprint density at radius 3 is 3.20 bits per heavy atom. The minimum absolute atomic E-state index is 0.218.